The van der Waals surface area contributed by atoms with Crippen LogP contribution in [0.15, 0.2) is 23.5 Å². The second kappa shape index (κ2) is 8.79. The lowest BCUT2D eigenvalue weighted by molar-refractivity contribution is -0.254. The van der Waals surface area contributed by atoms with E-state index in [4.69, 9.17) is 23.7 Å². The van der Waals surface area contributed by atoms with Gasteiger partial charge in [-0.2, -0.15) is 0 Å². The monoisotopic (exact) mass is 574 g/mol. The fraction of sp³-hybridized carbons (Fsp3) is 0.733. The van der Waals surface area contributed by atoms with Crippen LogP contribution in [0.2, 0.25) is 0 Å². The zero-order valence-electron chi connectivity index (χ0n) is 24.1. The van der Waals surface area contributed by atoms with Crippen molar-refractivity contribution in [3.05, 3.63) is 23.5 Å². The van der Waals surface area contributed by atoms with Gasteiger partial charge in [0.15, 0.2) is 5.60 Å². The van der Waals surface area contributed by atoms with Crippen LogP contribution in [0.25, 0.3) is 0 Å². The Labute approximate surface area is 238 Å². The zero-order chi connectivity index (χ0) is 29.8. The quantitative estimate of drug-likeness (QED) is 0.462. The van der Waals surface area contributed by atoms with Gasteiger partial charge in [-0.1, -0.05) is 13.8 Å². The van der Waals surface area contributed by atoms with Gasteiger partial charge < -0.3 is 33.9 Å². The number of aliphatic hydroxyl groups excluding tert-OH is 1. The first-order chi connectivity index (χ1) is 19.1. The smallest absolute Gasteiger partial charge is 0.339 e. The van der Waals surface area contributed by atoms with Gasteiger partial charge in [-0.25, -0.2) is 4.79 Å². The van der Waals surface area contributed by atoms with Gasteiger partial charge in [-0.05, 0) is 51.7 Å². The van der Waals surface area contributed by atoms with Crippen molar-refractivity contribution >= 4 is 23.5 Å². The number of ketones is 2. The van der Waals surface area contributed by atoms with E-state index in [1.54, 1.807) is 39.8 Å². The molecule has 5 heterocycles. The largest absolute Gasteiger partial charge is 0.456 e. The fourth-order valence-corrected chi connectivity index (χ4v) is 8.72. The number of hydrogen-bond acceptors (Lipinski definition) is 11. The molecule has 0 amide bonds. The highest BCUT2D eigenvalue weighted by Gasteiger charge is 2.80. The Morgan fingerprint density at radius 2 is 1.93 bits per heavy atom. The Morgan fingerprint density at radius 1 is 1.20 bits per heavy atom. The number of methoxy groups -OCH3 is 1. The first-order valence-corrected chi connectivity index (χ1v) is 14.3. The van der Waals surface area contributed by atoms with Crippen LogP contribution in [0.1, 0.15) is 72.6 Å². The van der Waals surface area contributed by atoms with Gasteiger partial charge in [-0.3, -0.25) is 14.4 Å². The Hall–Kier alpha value is -2.44. The molecule has 0 unspecified atom stereocenters. The molecule has 5 aliphatic heterocycles. The van der Waals surface area contributed by atoms with Gasteiger partial charge in [0, 0.05) is 42.8 Å². The standard InChI is InChI=1S/C30H38O11/c1-16(10-18-11-17(2)23(34)38-18)22(33)25(3)8-9-30(37-5)24(35)29(36)7-6-19-26(4,15-31)39-20-12-21(32)40-28(19,20)14-27(29,13-25)41-30/h10-11,16,19-20,31,36H,6-9,12-15H2,1-5H3/b18-10-/t16-,19+,20-,25-,26+,27+,28-,29-,30+/m1/s1. The van der Waals surface area contributed by atoms with E-state index in [0.29, 0.717) is 11.3 Å². The lowest BCUT2D eigenvalue weighted by Gasteiger charge is -2.46. The highest BCUT2D eigenvalue weighted by molar-refractivity contribution is 5.98. The van der Waals surface area contributed by atoms with Crippen LogP contribution in [-0.4, -0.2) is 81.7 Å². The number of Topliss-reactive ketones (excluding diaryl/α,β-unsaturated/α-hetero) is 2. The van der Waals surface area contributed by atoms with E-state index in [1.807, 2.05) is 0 Å². The molecular formula is C30H38O11. The summed E-state index contributed by atoms with van der Waals surface area (Å²) in [5, 5.41) is 22.7. The SMILES string of the molecule is CO[C@]12CC[C@@](C)(C(=O)[C@H](C)/C=C3/C=C(C)C(=O)O3)C[C@@]3(C[C@]45OC(=O)C[C@H]4O[C@@](C)(CO)[C@@H]5CC[C@@]3(O)C1=O)O2. The zero-order valence-corrected chi connectivity index (χ0v) is 24.1. The van der Waals surface area contributed by atoms with E-state index in [1.165, 1.54) is 7.11 Å². The molecule has 6 aliphatic rings. The normalized spacial score (nSPS) is 48.5. The number of ether oxygens (including phenoxy) is 5. The van der Waals surface area contributed by atoms with Crippen molar-refractivity contribution in [3.63, 3.8) is 0 Å². The molecule has 41 heavy (non-hydrogen) atoms. The number of fused-ring (bicyclic) bond motifs is 1. The Kier molecular flexibility index (Phi) is 6.15. The maximum absolute atomic E-state index is 14.2. The van der Waals surface area contributed by atoms with Crippen LogP contribution in [0.3, 0.4) is 0 Å². The summed E-state index contributed by atoms with van der Waals surface area (Å²) >= 11 is 0. The third kappa shape index (κ3) is 3.68. The second-order valence-corrected chi connectivity index (χ2v) is 13.4. The van der Waals surface area contributed by atoms with Crippen molar-refractivity contribution in [1.29, 1.82) is 0 Å². The molecule has 0 aromatic carbocycles. The predicted molar refractivity (Wildman–Crippen MR) is 139 cm³/mol. The van der Waals surface area contributed by atoms with E-state index < -0.39 is 69.3 Å². The topological polar surface area (TPSA) is 155 Å². The molecule has 224 valence electrons. The fourth-order valence-electron chi connectivity index (χ4n) is 8.72. The summed E-state index contributed by atoms with van der Waals surface area (Å²) < 4.78 is 29.9. The molecule has 4 saturated heterocycles. The molecule has 11 heteroatoms. The molecule has 2 N–H and O–H groups in total. The van der Waals surface area contributed by atoms with Crippen LogP contribution in [0, 0.1) is 17.3 Å². The molecule has 0 aromatic rings. The van der Waals surface area contributed by atoms with Crippen LogP contribution in [0.4, 0.5) is 0 Å². The maximum atomic E-state index is 14.2. The van der Waals surface area contributed by atoms with Crippen LogP contribution < -0.4 is 0 Å². The van der Waals surface area contributed by atoms with E-state index in [-0.39, 0.29) is 57.3 Å². The van der Waals surface area contributed by atoms with Crippen molar-refractivity contribution in [3.8, 4) is 0 Å². The van der Waals surface area contributed by atoms with Crippen molar-refractivity contribution < 1.29 is 53.1 Å². The Bertz CT molecular complexity index is 1300. The van der Waals surface area contributed by atoms with E-state index in [9.17, 15) is 29.4 Å². The number of esters is 2. The second-order valence-electron chi connectivity index (χ2n) is 13.4. The number of aliphatic hydroxyl groups is 2. The molecular weight excluding hydrogens is 536 g/mol. The number of allylic oxidation sites excluding steroid dienone is 2. The molecule has 6 rings (SSSR count). The summed E-state index contributed by atoms with van der Waals surface area (Å²) in [7, 11) is 1.35. The summed E-state index contributed by atoms with van der Waals surface area (Å²) in [6.45, 7) is 6.55. The van der Waals surface area contributed by atoms with E-state index in [2.05, 4.69) is 0 Å². The maximum Gasteiger partial charge on any atom is 0.339 e. The number of rotatable bonds is 5. The predicted octanol–water partition coefficient (Wildman–Crippen LogP) is 1.82. The summed E-state index contributed by atoms with van der Waals surface area (Å²) in [6.07, 6.45) is 2.75. The van der Waals surface area contributed by atoms with Gasteiger partial charge in [0.2, 0.25) is 11.6 Å². The minimum absolute atomic E-state index is 0.0313. The van der Waals surface area contributed by atoms with Gasteiger partial charge in [-0.15, -0.1) is 0 Å². The van der Waals surface area contributed by atoms with Gasteiger partial charge in [0.25, 0.3) is 0 Å². The molecule has 2 bridgehead atoms. The highest BCUT2D eigenvalue weighted by Crippen LogP contribution is 2.66. The summed E-state index contributed by atoms with van der Waals surface area (Å²) in [5.41, 5.74) is -6.68. The van der Waals surface area contributed by atoms with E-state index in [0.717, 1.165) is 0 Å². The molecule has 11 nitrogen and oxygen atoms in total. The van der Waals surface area contributed by atoms with Crippen molar-refractivity contribution in [2.24, 2.45) is 17.3 Å². The van der Waals surface area contributed by atoms with Gasteiger partial charge >= 0.3 is 11.9 Å². The van der Waals surface area contributed by atoms with Crippen molar-refractivity contribution in [1.82, 2.24) is 0 Å². The number of carbonyl (C=O) groups is 4. The summed E-state index contributed by atoms with van der Waals surface area (Å²) in [4.78, 5) is 52.8. The Balaban J connectivity index is 1.44. The third-order valence-electron chi connectivity index (χ3n) is 10.8. The summed E-state index contributed by atoms with van der Waals surface area (Å²) in [5.74, 6) is -4.37. The average molecular weight is 575 g/mol. The van der Waals surface area contributed by atoms with Gasteiger partial charge in [0.05, 0.1) is 18.6 Å². The molecule has 1 saturated carbocycles. The molecule has 2 spiro atoms. The minimum Gasteiger partial charge on any atom is -0.456 e. The van der Waals surface area contributed by atoms with Crippen LogP contribution in [-0.2, 0) is 42.9 Å². The first kappa shape index (κ1) is 28.7. The molecule has 5 fully saturated rings. The Morgan fingerprint density at radius 3 is 2.56 bits per heavy atom. The first-order valence-electron chi connectivity index (χ1n) is 14.3. The molecule has 0 radical (unpaired) electrons. The number of hydrogen-bond donors (Lipinski definition) is 2. The van der Waals surface area contributed by atoms with Crippen LogP contribution >= 0.6 is 0 Å². The number of cyclic esters (lactones) is 1. The lowest BCUT2D eigenvalue weighted by atomic mass is 9.61. The molecule has 9 atom stereocenters. The van der Waals surface area contributed by atoms with Gasteiger partial charge in [0.1, 0.15) is 28.8 Å². The number of carbonyl (C=O) groups excluding carboxylic acids is 4. The third-order valence-corrected chi connectivity index (χ3v) is 10.8. The average Bonchev–Trinajstić information content (AvgIpc) is 3.45. The van der Waals surface area contributed by atoms with Crippen molar-refractivity contribution in [2.45, 2.75) is 107 Å². The highest BCUT2D eigenvalue weighted by atomic mass is 16.7. The molecule has 1 aliphatic carbocycles. The summed E-state index contributed by atoms with van der Waals surface area (Å²) in [6, 6.07) is 0. The van der Waals surface area contributed by atoms with E-state index >= 15 is 0 Å². The van der Waals surface area contributed by atoms with Crippen molar-refractivity contribution in [2.75, 3.05) is 13.7 Å². The lowest BCUT2D eigenvalue weighted by Crippen LogP contribution is -2.61. The molecule has 0 aromatic heterocycles. The minimum atomic E-state index is -2.04. The van der Waals surface area contributed by atoms with Crippen LogP contribution in [0.5, 0.6) is 0 Å².